The molecule has 170 valence electrons. The van der Waals surface area contributed by atoms with Crippen molar-refractivity contribution in [3.63, 3.8) is 0 Å². The molecule has 0 aliphatic carbocycles. The second kappa shape index (κ2) is 11.2. The van der Waals surface area contributed by atoms with Gasteiger partial charge in [0.25, 0.3) is 5.91 Å². The van der Waals surface area contributed by atoms with Crippen molar-refractivity contribution in [3.8, 4) is 5.75 Å². The van der Waals surface area contributed by atoms with Crippen molar-refractivity contribution in [3.05, 3.63) is 40.4 Å². The van der Waals surface area contributed by atoms with Gasteiger partial charge in [-0.15, -0.1) is 11.3 Å². The Labute approximate surface area is 185 Å². The van der Waals surface area contributed by atoms with Gasteiger partial charge in [0, 0.05) is 5.38 Å². The molecule has 1 heterocycles. The zero-order chi connectivity index (χ0) is 23.8. The summed E-state index contributed by atoms with van der Waals surface area (Å²) in [5, 5.41) is 48.6. The normalized spacial score (nSPS) is 12.1. The molecule has 2 rings (SSSR count). The van der Waals surface area contributed by atoms with Gasteiger partial charge in [0.1, 0.15) is 24.1 Å². The number of rotatable bonds is 10. The SMILES string of the molecule is CO/N=C(/C(=O)NC(Cc1cccc(C(=O)O)c1O)B(O)O)c1csc(NC(=O)CN)n1. The van der Waals surface area contributed by atoms with Crippen LogP contribution >= 0.6 is 11.3 Å². The Kier molecular flexibility index (Phi) is 8.66. The molecule has 1 aromatic carbocycles. The number of hydrogen-bond donors (Lipinski definition) is 7. The first kappa shape index (κ1) is 24.7. The number of anilines is 1. The van der Waals surface area contributed by atoms with Crippen LogP contribution in [0.1, 0.15) is 21.6 Å². The molecule has 0 spiro atoms. The highest BCUT2D eigenvalue weighted by Gasteiger charge is 2.30. The van der Waals surface area contributed by atoms with Gasteiger partial charge in [-0.3, -0.25) is 9.59 Å². The molecule has 0 saturated heterocycles. The second-order valence-corrected chi connectivity index (χ2v) is 7.09. The summed E-state index contributed by atoms with van der Waals surface area (Å²) in [7, 11) is -0.879. The van der Waals surface area contributed by atoms with Crippen LogP contribution < -0.4 is 16.4 Å². The number of aromatic hydroxyl groups is 1. The first-order valence-corrected chi connectivity index (χ1v) is 9.84. The quantitative estimate of drug-likeness (QED) is 0.123. The molecule has 1 atom stereocenters. The Bertz CT molecular complexity index is 1030. The molecule has 0 saturated carbocycles. The molecule has 2 aromatic rings. The van der Waals surface area contributed by atoms with Crippen LogP contribution in [-0.2, 0) is 20.8 Å². The lowest BCUT2D eigenvalue weighted by molar-refractivity contribution is -0.115. The molecule has 0 aliphatic rings. The van der Waals surface area contributed by atoms with Crippen LogP contribution in [0.15, 0.2) is 28.7 Å². The third-order valence-electron chi connectivity index (χ3n) is 4.04. The minimum absolute atomic E-state index is 0.0311. The lowest BCUT2D eigenvalue weighted by Crippen LogP contribution is -2.50. The van der Waals surface area contributed by atoms with Gasteiger partial charge in [0.2, 0.25) is 5.91 Å². The van der Waals surface area contributed by atoms with Crippen LogP contribution in [0, 0.1) is 0 Å². The summed E-state index contributed by atoms with van der Waals surface area (Å²) < 4.78 is 0. The number of carboxylic acids is 1. The molecular formula is C17H20BN5O8S. The molecule has 2 amide bonds. The van der Waals surface area contributed by atoms with Gasteiger partial charge in [-0.2, -0.15) is 0 Å². The number of oxime groups is 1. The highest BCUT2D eigenvalue weighted by molar-refractivity contribution is 7.14. The van der Waals surface area contributed by atoms with E-state index in [0.717, 1.165) is 11.3 Å². The lowest BCUT2D eigenvalue weighted by Gasteiger charge is -2.19. The smallest absolute Gasteiger partial charge is 0.475 e. The Morgan fingerprint density at radius 3 is 2.66 bits per heavy atom. The monoisotopic (exact) mass is 465 g/mol. The van der Waals surface area contributed by atoms with E-state index in [1.54, 1.807) is 0 Å². The summed E-state index contributed by atoms with van der Waals surface area (Å²) in [6.07, 6.45) is -0.314. The Hall–Kier alpha value is -3.53. The number of carbonyl (C=O) groups excluding carboxylic acids is 2. The fourth-order valence-electron chi connectivity index (χ4n) is 2.54. The summed E-state index contributed by atoms with van der Waals surface area (Å²) >= 11 is 0.996. The summed E-state index contributed by atoms with van der Waals surface area (Å²) in [4.78, 5) is 44.0. The number of aromatic carboxylic acids is 1. The summed E-state index contributed by atoms with van der Waals surface area (Å²) in [6.45, 7) is -0.263. The van der Waals surface area contributed by atoms with Gasteiger partial charge in [0.05, 0.1) is 12.5 Å². The van der Waals surface area contributed by atoms with E-state index in [2.05, 4.69) is 25.6 Å². The first-order valence-electron chi connectivity index (χ1n) is 8.96. The van der Waals surface area contributed by atoms with Gasteiger partial charge in [-0.05, 0) is 18.1 Å². The highest BCUT2D eigenvalue weighted by Crippen LogP contribution is 2.24. The van der Waals surface area contributed by atoms with Crippen molar-refractivity contribution in [2.75, 3.05) is 19.0 Å². The van der Waals surface area contributed by atoms with Crippen molar-refractivity contribution < 1.29 is 39.5 Å². The maximum atomic E-state index is 12.7. The van der Waals surface area contributed by atoms with E-state index >= 15 is 0 Å². The fraction of sp³-hybridized carbons (Fsp3) is 0.235. The van der Waals surface area contributed by atoms with E-state index < -0.39 is 36.6 Å². The molecular weight excluding hydrogens is 445 g/mol. The molecule has 1 unspecified atom stereocenters. The molecule has 15 heteroatoms. The van der Waals surface area contributed by atoms with Gasteiger partial charge < -0.3 is 41.5 Å². The van der Waals surface area contributed by atoms with Crippen LogP contribution in [0.3, 0.4) is 0 Å². The second-order valence-electron chi connectivity index (χ2n) is 6.23. The predicted molar refractivity (Wildman–Crippen MR) is 114 cm³/mol. The number of nitrogens with zero attached hydrogens (tertiary/aromatic N) is 2. The minimum atomic E-state index is -2.06. The highest BCUT2D eigenvalue weighted by atomic mass is 32.1. The number of nitrogens with two attached hydrogens (primary N) is 1. The van der Waals surface area contributed by atoms with Gasteiger partial charge in [-0.25, -0.2) is 9.78 Å². The predicted octanol–water partition coefficient (Wildman–Crippen LogP) is -1.47. The maximum Gasteiger partial charge on any atom is 0.475 e. The maximum absolute atomic E-state index is 12.7. The Morgan fingerprint density at radius 1 is 1.34 bits per heavy atom. The summed E-state index contributed by atoms with van der Waals surface area (Å²) in [5.41, 5.74) is 4.61. The molecule has 0 fully saturated rings. The fourth-order valence-corrected chi connectivity index (χ4v) is 3.25. The number of aromatic nitrogens is 1. The van der Waals surface area contributed by atoms with Crippen molar-refractivity contribution in [1.82, 2.24) is 10.3 Å². The Balaban J connectivity index is 2.24. The molecule has 32 heavy (non-hydrogen) atoms. The van der Waals surface area contributed by atoms with E-state index in [-0.39, 0.29) is 40.6 Å². The topological polar surface area (TPSA) is 217 Å². The van der Waals surface area contributed by atoms with E-state index in [0.29, 0.717) is 0 Å². The van der Waals surface area contributed by atoms with Gasteiger partial charge in [0.15, 0.2) is 10.8 Å². The van der Waals surface area contributed by atoms with Crippen molar-refractivity contribution in [2.24, 2.45) is 10.9 Å². The molecule has 13 nitrogen and oxygen atoms in total. The van der Waals surface area contributed by atoms with E-state index in [4.69, 9.17) is 10.8 Å². The molecule has 0 radical (unpaired) electrons. The van der Waals surface area contributed by atoms with Crippen molar-refractivity contribution >= 4 is 47.1 Å². The number of benzene rings is 1. The number of amides is 2. The van der Waals surface area contributed by atoms with Gasteiger partial charge >= 0.3 is 13.1 Å². The summed E-state index contributed by atoms with van der Waals surface area (Å²) in [6, 6.07) is 3.92. The van der Waals surface area contributed by atoms with Crippen LogP contribution in [0.25, 0.3) is 0 Å². The number of carbonyl (C=O) groups is 3. The van der Waals surface area contributed by atoms with E-state index in [1.165, 1.54) is 30.7 Å². The number of hydrogen-bond acceptors (Lipinski definition) is 11. The number of nitrogens with one attached hydrogen (secondary N) is 2. The van der Waals surface area contributed by atoms with Crippen molar-refractivity contribution in [2.45, 2.75) is 12.4 Å². The average molecular weight is 465 g/mol. The minimum Gasteiger partial charge on any atom is -0.507 e. The summed E-state index contributed by atoms with van der Waals surface area (Å²) in [5.74, 6) is -4.68. The molecule has 0 aliphatic heterocycles. The number of phenols is 1. The zero-order valence-corrected chi connectivity index (χ0v) is 17.5. The van der Waals surface area contributed by atoms with Crippen LogP contribution in [0.2, 0.25) is 0 Å². The Morgan fingerprint density at radius 2 is 2.06 bits per heavy atom. The molecule has 1 aromatic heterocycles. The molecule has 0 bridgehead atoms. The van der Waals surface area contributed by atoms with Crippen LogP contribution in [0.4, 0.5) is 5.13 Å². The third kappa shape index (κ3) is 6.24. The largest absolute Gasteiger partial charge is 0.507 e. The van der Waals surface area contributed by atoms with E-state index in [9.17, 15) is 29.5 Å². The third-order valence-corrected chi connectivity index (χ3v) is 4.80. The molecule has 8 N–H and O–H groups in total. The number of para-hydroxylation sites is 1. The van der Waals surface area contributed by atoms with E-state index in [1.807, 2.05) is 0 Å². The van der Waals surface area contributed by atoms with Crippen molar-refractivity contribution in [1.29, 1.82) is 0 Å². The average Bonchev–Trinajstić information content (AvgIpc) is 3.20. The number of carboxylic acid groups (broad SMARTS) is 1. The van der Waals surface area contributed by atoms with Gasteiger partial charge in [-0.1, -0.05) is 17.3 Å². The lowest BCUT2D eigenvalue weighted by atomic mass is 9.75. The number of thiazole rings is 1. The van der Waals surface area contributed by atoms with Crippen LogP contribution in [-0.4, -0.2) is 75.5 Å². The first-order chi connectivity index (χ1) is 15.2. The van der Waals surface area contributed by atoms with Crippen LogP contribution in [0.5, 0.6) is 5.75 Å². The standard InChI is InChI=1S/C17H20BN5O8S/c1-31-23-13(10-7-32-17(20-10)22-12(24)6-19)15(26)21-11(18(29)30)5-8-3-2-4-9(14(8)25)16(27)28/h2-4,7,11,25,29-30H,5-6,19H2,1H3,(H,21,26)(H,27,28)(H,20,22,24)/b23-13+. The zero-order valence-electron chi connectivity index (χ0n) is 16.7.